The topological polar surface area (TPSA) is 0 Å². The lowest BCUT2D eigenvalue weighted by Crippen LogP contribution is -1.95. The zero-order valence-electron chi connectivity index (χ0n) is 7.90. The van der Waals surface area contributed by atoms with Crippen LogP contribution in [0.4, 0.5) is 0 Å². The Morgan fingerprint density at radius 1 is 1.45 bits per heavy atom. The van der Waals surface area contributed by atoms with Crippen LogP contribution < -0.4 is 0 Å². The lowest BCUT2D eigenvalue weighted by molar-refractivity contribution is 0.563. The highest BCUT2D eigenvalue weighted by molar-refractivity contribution is 5.13. The van der Waals surface area contributed by atoms with E-state index in [9.17, 15) is 0 Å². The van der Waals surface area contributed by atoms with Gasteiger partial charge in [0.25, 0.3) is 0 Å². The summed E-state index contributed by atoms with van der Waals surface area (Å²) in [7, 11) is 0. The average Bonchev–Trinajstić information content (AvgIpc) is 2.03. The van der Waals surface area contributed by atoms with E-state index in [0.717, 1.165) is 0 Å². The van der Waals surface area contributed by atoms with Gasteiger partial charge in [-0.1, -0.05) is 57.9 Å². The number of rotatable bonds is 6. The van der Waals surface area contributed by atoms with Crippen LogP contribution in [0.15, 0.2) is 24.8 Å². The van der Waals surface area contributed by atoms with Crippen LogP contribution >= 0.6 is 0 Å². The van der Waals surface area contributed by atoms with Crippen molar-refractivity contribution in [1.29, 1.82) is 0 Å². The van der Waals surface area contributed by atoms with Gasteiger partial charge in [-0.2, -0.15) is 0 Å². The summed E-state index contributed by atoms with van der Waals surface area (Å²) in [5.74, 6) is 0.624. The van der Waals surface area contributed by atoms with Crippen molar-refractivity contribution in [2.75, 3.05) is 0 Å². The van der Waals surface area contributed by atoms with Gasteiger partial charge < -0.3 is 0 Å². The Labute approximate surface area is 71.0 Å². The molecule has 0 amide bonds. The highest BCUT2D eigenvalue weighted by Gasteiger charge is 2.01. The van der Waals surface area contributed by atoms with Crippen molar-refractivity contribution in [3.05, 3.63) is 24.8 Å². The van der Waals surface area contributed by atoms with Crippen LogP contribution in [0.25, 0.3) is 0 Å². The Hall–Kier alpha value is -0.520. The molecule has 0 spiro atoms. The lowest BCUT2D eigenvalue weighted by Gasteiger charge is -2.09. The zero-order chi connectivity index (χ0) is 8.69. The average molecular weight is 152 g/mol. The highest BCUT2D eigenvalue weighted by atomic mass is 14.1. The van der Waals surface area contributed by atoms with Gasteiger partial charge in [0, 0.05) is 0 Å². The van der Waals surface area contributed by atoms with Crippen LogP contribution in [0.3, 0.4) is 0 Å². The van der Waals surface area contributed by atoms with E-state index in [1.54, 1.807) is 0 Å². The van der Waals surface area contributed by atoms with Gasteiger partial charge >= 0.3 is 0 Å². The van der Waals surface area contributed by atoms with Crippen molar-refractivity contribution < 1.29 is 0 Å². The maximum Gasteiger partial charge on any atom is -0.0196 e. The molecule has 11 heavy (non-hydrogen) atoms. The predicted octanol–water partition coefficient (Wildman–Crippen LogP) is 3.95. The minimum absolute atomic E-state index is 0.624. The molecule has 0 heteroatoms. The molecule has 0 saturated carbocycles. The second kappa shape index (κ2) is 6.21. The molecule has 0 aliphatic rings. The SMILES string of the molecule is C=CC(=C)C(C)CCCCC. The Morgan fingerprint density at radius 2 is 2.09 bits per heavy atom. The Balaban J connectivity index is 3.43. The molecule has 0 N–H and O–H groups in total. The molecule has 64 valence electrons. The molecular formula is C11H20. The molecule has 0 aromatic carbocycles. The van der Waals surface area contributed by atoms with E-state index in [0.29, 0.717) is 5.92 Å². The second-order valence-corrected chi connectivity index (χ2v) is 3.18. The van der Waals surface area contributed by atoms with Gasteiger partial charge in [-0.15, -0.1) is 0 Å². The maximum atomic E-state index is 3.93. The third-order valence-corrected chi connectivity index (χ3v) is 2.14. The Morgan fingerprint density at radius 3 is 2.55 bits per heavy atom. The van der Waals surface area contributed by atoms with Crippen molar-refractivity contribution in [3.63, 3.8) is 0 Å². The van der Waals surface area contributed by atoms with E-state index in [2.05, 4.69) is 27.0 Å². The van der Waals surface area contributed by atoms with E-state index >= 15 is 0 Å². The number of unbranched alkanes of at least 4 members (excludes halogenated alkanes) is 2. The molecule has 0 aliphatic heterocycles. The van der Waals surface area contributed by atoms with Crippen LogP contribution in [0.2, 0.25) is 0 Å². The van der Waals surface area contributed by atoms with E-state index in [-0.39, 0.29) is 0 Å². The first-order valence-corrected chi connectivity index (χ1v) is 4.53. The molecule has 0 rings (SSSR count). The third kappa shape index (κ3) is 4.83. The van der Waals surface area contributed by atoms with Crippen molar-refractivity contribution in [1.82, 2.24) is 0 Å². The zero-order valence-corrected chi connectivity index (χ0v) is 7.90. The molecule has 0 aliphatic carbocycles. The van der Waals surface area contributed by atoms with Gasteiger partial charge in [-0.3, -0.25) is 0 Å². The molecule has 0 aromatic heterocycles. The van der Waals surface area contributed by atoms with E-state index in [1.807, 2.05) is 6.08 Å². The smallest absolute Gasteiger partial charge is 0.0196 e. The van der Waals surface area contributed by atoms with Crippen molar-refractivity contribution in [2.45, 2.75) is 39.5 Å². The summed E-state index contributed by atoms with van der Waals surface area (Å²) in [6.07, 6.45) is 7.10. The first kappa shape index (κ1) is 10.5. The third-order valence-electron chi connectivity index (χ3n) is 2.14. The van der Waals surface area contributed by atoms with Crippen molar-refractivity contribution in [2.24, 2.45) is 5.92 Å². The minimum atomic E-state index is 0.624. The molecule has 0 heterocycles. The molecular weight excluding hydrogens is 132 g/mol. The molecule has 0 bridgehead atoms. The normalized spacial score (nSPS) is 12.5. The van der Waals surface area contributed by atoms with Crippen molar-refractivity contribution in [3.8, 4) is 0 Å². The Kier molecular flexibility index (Phi) is 5.91. The second-order valence-electron chi connectivity index (χ2n) is 3.18. The van der Waals surface area contributed by atoms with Gasteiger partial charge in [0.05, 0.1) is 0 Å². The monoisotopic (exact) mass is 152 g/mol. The predicted molar refractivity (Wildman–Crippen MR) is 52.6 cm³/mol. The van der Waals surface area contributed by atoms with Crippen LogP contribution in [-0.4, -0.2) is 0 Å². The van der Waals surface area contributed by atoms with Crippen LogP contribution in [0, 0.1) is 5.92 Å². The van der Waals surface area contributed by atoms with Crippen molar-refractivity contribution >= 4 is 0 Å². The van der Waals surface area contributed by atoms with Gasteiger partial charge in [-0.05, 0) is 12.3 Å². The first-order chi connectivity index (χ1) is 5.22. The van der Waals surface area contributed by atoms with E-state index in [1.165, 1.54) is 31.3 Å². The fourth-order valence-electron chi connectivity index (χ4n) is 1.09. The number of hydrogen-bond donors (Lipinski definition) is 0. The number of hydrogen-bond acceptors (Lipinski definition) is 0. The van der Waals surface area contributed by atoms with E-state index < -0.39 is 0 Å². The summed E-state index contributed by atoms with van der Waals surface area (Å²) < 4.78 is 0. The molecule has 0 aromatic rings. The molecule has 0 fully saturated rings. The molecule has 0 nitrogen and oxygen atoms in total. The van der Waals surface area contributed by atoms with Crippen LogP contribution in [0.1, 0.15) is 39.5 Å². The van der Waals surface area contributed by atoms with Crippen LogP contribution in [-0.2, 0) is 0 Å². The van der Waals surface area contributed by atoms with Crippen LogP contribution in [0.5, 0.6) is 0 Å². The summed E-state index contributed by atoms with van der Waals surface area (Å²) in [5, 5.41) is 0. The first-order valence-electron chi connectivity index (χ1n) is 4.53. The van der Waals surface area contributed by atoms with Gasteiger partial charge in [0.15, 0.2) is 0 Å². The summed E-state index contributed by atoms with van der Waals surface area (Å²) in [6, 6.07) is 0. The van der Waals surface area contributed by atoms with E-state index in [4.69, 9.17) is 0 Å². The largest absolute Gasteiger partial charge is 0.0988 e. The fourth-order valence-corrected chi connectivity index (χ4v) is 1.09. The standard InChI is InChI=1S/C11H20/c1-5-7-8-9-11(4)10(3)6-2/h6,11H,2-3,5,7-9H2,1,4H3. The summed E-state index contributed by atoms with van der Waals surface area (Å²) in [4.78, 5) is 0. The Bertz CT molecular complexity index is 122. The van der Waals surface area contributed by atoms with Gasteiger partial charge in [0.2, 0.25) is 0 Å². The fraction of sp³-hybridized carbons (Fsp3) is 0.636. The summed E-state index contributed by atoms with van der Waals surface area (Å²) in [5.41, 5.74) is 1.18. The molecule has 1 unspecified atom stereocenters. The molecule has 0 saturated heterocycles. The van der Waals surface area contributed by atoms with Gasteiger partial charge in [0.1, 0.15) is 0 Å². The number of allylic oxidation sites excluding steroid dienone is 2. The molecule has 1 atom stereocenters. The lowest BCUT2D eigenvalue weighted by atomic mass is 9.96. The quantitative estimate of drug-likeness (QED) is 0.399. The summed E-state index contributed by atoms with van der Waals surface area (Å²) in [6.45, 7) is 12.1. The maximum absolute atomic E-state index is 3.93. The minimum Gasteiger partial charge on any atom is -0.0988 e. The molecule has 0 radical (unpaired) electrons. The van der Waals surface area contributed by atoms with Gasteiger partial charge in [-0.25, -0.2) is 0 Å². The summed E-state index contributed by atoms with van der Waals surface area (Å²) >= 11 is 0. The highest BCUT2D eigenvalue weighted by Crippen LogP contribution is 2.16.